The lowest BCUT2D eigenvalue weighted by Gasteiger charge is -2.34. The summed E-state index contributed by atoms with van der Waals surface area (Å²) in [5.41, 5.74) is 1.63. The highest BCUT2D eigenvalue weighted by atomic mass is 79.9. The number of likely N-dealkylation sites (N-methyl/N-ethyl adjacent to an activating group) is 1. The van der Waals surface area contributed by atoms with Crippen molar-refractivity contribution in [2.75, 3.05) is 45.8 Å². The summed E-state index contributed by atoms with van der Waals surface area (Å²) in [5.74, 6) is 0.0421. The molecule has 4 aromatic carbocycles. The van der Waals surface area contributed by atoms with Gasteiger partial charge in [0.1, 0.15) is 24.1 Å². The van der Waals surface area contributed by atoms with Gasteiger partial charge in [-0.25, -0.2) is 8.42 Å². The molecule has 0 aliphatic heterocycles. The number of halogens is 1. The number of rotatable bonds is 16. The fourth-order valence-corrected chi connectivity index (χ4v) is 6.94. The quantitative estimate of drug-likeness (QED) is 0.160. The van der Waals surface area contributed by atoms with Crippen LogP contribution in [0.3, 0.4) is 0 Å². The molecular weight excluding hydrogens is 714 g/mol. The van der Waals surface area contributed by atoms with E-state index in [2.05, 4.69) is 21.2 Å². The third kappa shape index (κ3) is 9.04. The molecule has 260 valence electrons. The minimum atomic E-state index is -4.48. The summed E-state index contributed by atoms with van der Waals surface area (Å²) < 4.78 is 52.7. The van der Waals surface area contributed by atoms with E-state index in [9.17, 15) is 18.0 Å². The largest absolute Gasteiger partial charge is 0.497 e. The van der Waals surface area contributed by atoms with E-state index >= 15 is 0 Å². The van der Waals surface area contributed by atoms with Crippen LogP contribution in [-0.4, -0.2) is 72.7 Å². The number of carbonyl (C=O) groups excluding carboxylic acids is 2. The molecule has 0 spiro atoms. The van der Waals surface area contributed by atoms with Gasteiger partial charge in [0.25, 0.3) is 10.0 Å². The summed E-state index contributed by atoms with van der Waals surface area (Å²) in [6, 6.07) is 24.5. The van der Waals surface area contributed by atoms with Gasteiger partial charge in [-0.3, -0.25) is 13.9 Å². The highest BCUT2D eigenvalue weighted by Crippen LogP contribution is 2.38. The third-order valence-corrected chi connectivity index (χ3v) is 10.0. The second-order valence-corrected chi connectivity index (χ2v) is 13.6. The van der Waals surface area contributed by atoms with Gasteiger partial charge in [0, 0.05) is 36.1 Å². The smallest absolute Gasteiger partial charge is 0.265 e. The van der Waals surface area contributed by atoms with Crippen LogP contribution in [0, 0.1) is 0 Å². The van der Waals surface area contributed by atoms with Gasteiger partial charge in [-0.2, -0.15) is 0 Å². The van der Waals surface area contributed by atoms with Crippen molar-refractivity contribution in [2.24, 2.45) is 0 Å². The zero-order chi connectivity index (χ0) is 35.6. The van der Waals surface area contributed by atoms with Crippen molar-refractivity contribution >= 4 is 43.5 Å². The Hall–Kier alpha value is -4.75. The maximum atomic E-state index is 14.7. The molecule has 4 rings (SSSR count). The fraction of sp³-hybridized carbons (Fsp3) is 0.278. The van der Waals surface area contributed by atoms with Gasteiger partial charge >= 0.3 is 0 Å². The average Bonchev–Trinajstić information content (AvgIpc) is 3.12. The van der Waals surface area contributed by atoms with Crippen molar-refractivity contribution in [1.82, 2.24) is 10.2 Å². The number of nitrogens with one attached hydrogen (secondary N) is 1. The molecule has 4 aromatic rings. The van der Waals surface area contributed by atoms with Gasteiger partial charge in [0.15, 0.2) is 11.5 Å². The van der Waals surface area contributed by atoms with Gasteiger partial charge < -0.3 is 29.2 Å². The van der Waals surface area contributed by atoms with Gasteiger partial charge in [0.05, 0.1) is 39.0 Å². The number of hydrogen-bond acceptors (Lipinski definition) is 8. The third-order valence-electron chi connectivity index (χ3n) is 7.76. The minimum Gasteiger partial charge on any atom is -0.497 e. The van der Waals surface area contributed by atoms with E-state index in [0.717, 1.165) is 19.9 Å². The Morgan fingerprint density at radius 2 is 1.43 bits per heavy atom. The molecule has 0 aromatic heterocycles. The summed E-state index contributed by atoms with van der Waals surface area (Å²) in [4.78, 5) is 29.7. The first-order valence-electron chi connectivity index (χ1n) is 15.4. The Kier molecular flexibility index (Phi) is 12.9. The Morgan fingerprint density at radius 3 is 2.04 bits per heavy atom. The molecular formula is C36H40BrN3O8S. The summed E-state index contributed by atoms with van der Waals surface area (Å²) in [6.07, 6.45) is 0.194. The normalized spacial score (nSPS) is 11.6. The lowest BCUT2D eigenvalue weighted by Crippen LogP contribution is -2.53. The number of anilines is 1. The number of nitrogens with zero attached hydrogens (tertiary/aromatic N) is 2. The molecule has 0 heterocycles. The highest BCUT2D eigenvalue weighted by molar-refractivity contribution is 9.10. The van der Waals surface area contributed by atoms with Crippen LogP contribution in [0.4, 0.5) is 5.69 Å². The van der Waals surface area contributed by atoms with Crippen molar-refractivity contribution < 1.29 is 37.0 Å². The van der Waals surface area contributed by atoms with Crippen molar-refractivity contribution in [3.8, 4) is 23.0 Å². The molecule has 0 radical (unpaired) electrons. The van der Waals surface area contributed by atoms with Crippen LogP contribution in [0.25, 0.3) is 0 Å². The zero-order valence-electron chi connectivity index (χ0n) is 28.0. The molecule has 1 atom stereocenters. The van der Waals surface area contributed by atoms with Crippen molar-refractivity contribution in [1.29, 1.82) is 0 Å². The second kappa shape index (κ2) is 17.1. The molecule has 0 saturated carbocycles. The number of methoxy groups -OCH3 is 4. The molecule has 0 aliphatic rings. The van der Waals surface area contributed by atoms with E-state index in [4.69, 9.17) is 18.9 Å². The van der Waals surface area contributed by atoms with Crippen LogP contribution in [0.15, 0.2) is 100 Å². The van der Waals surface area contributed by atoms with E-state index in [1.54, 1.807) is 19.1 Å². The standard InChI is InChI=1S/C36H40BrN3O8S/c1-6-38-36(42)31(20-25-10-8-7-9-11-25)39(23-26-12-14-27(37)15-13-26)35(41)24-40(30-21-28(45-2)16-18-32(30)46-3)49(43,44)29-17-19-33(47-4)34(22-29)48-5/h7-19,21-22,31H,6,20,23-24H2,1-5H3,(H,38,42)/t31-/m1/s1. The van der Waals surface area contributed by atoms with Gasteiger partial charge in [-0.1, -0.05) is 58.4 Å². The van der Waals surface area contributed by atoms with E-state index < -0.39 is 28.5 Å². The van der Waals surface area contributed by atoms with Crippen LogP contribution in [0.2, 0.25) is 0 Å². The molecule has 0 fully saturated rings. The van der Waals surface area contributed by atoms with Gasteiger partial charge in [0.2, 0.25) is 11.8 Å². The van der Waals surface area contributed by atoms with Crippen LogP contribution >= 0.6 is 15.9 Å². The first-order valence-corrected chi connectivity index (χ1v) is 17.6. The number of hydrogen-bond donors (Lipinski definition) is 1. The summed E-state index contributed by atoms with van der Waals surface area (Å²) >= 11 is 3.45. The summed E-state index contributed by atoms with van der Waals surface area (Å²) in [6.45, 7) is 1.48. The van der Waals surface area contributed by atoms with E-state index in [-0.39, 0.29) is 41.0 Å². The predicted molar refractivity (Wildman–Crippen MR) is 191 cm³/mol. The van der Waals surface area contributed by atoms with E-state index in [1.165, 1.54) is 57.6 Å². The first-order chi connectivity index (χ1) is 23.6. The Labute approximate surface area is 295 Å². The molecule has 1 N–H and O–H groups in total. The summed E-state index contributed by atoms with van der Waals surface area (Å²) in [5, 5.41) is 2.86. The number of benzene rings is 4. The van der Waals surface area contributed by atoms with Gasteiger partial charge in [-0.15, -0.1) is 0 Å². The van der Waals surface area contributed by atoms with Crippen molar-refractivity contribution in [2.45, 2.75) is 30.8 Å². The van der Waals surface area contributed by atoms with Crippen LogP contribution < -0.4 is 28.6 Å². The maximum absolute atomic E-state index is 14.7. The molecule has 0 saturated heterocycles. The number of sulfonamides is 1. The molecule has 0 unspecified atom stereocenters. The lowest BCUT2D eigenvalue weighted by molar-refractivity contribution is -0.140. The molecule has 0 bridgehead atoms. The molecule has 0 aliphatic carbocycles. The Balaban J connectivity index is 1.89. The lowest BCUT2D eigenvalue weighted by atomic mass is 10.0. The molecule has 2 amide bonds. The monoisotopic (exact) mass is 753 g/mol. The molecule has 11 nitrogen and oxygen atoms in total. The van der Waals surface area contributed by atoms with E-state index in [1.807, 2.05) is 54.6 Å². The van der Waals surface area contributed by atoms with Gasteiger partial charge in [-0.05, 0) is 54.4 Å². The fourth-order valence-electron chi connectivity index (χ4n) is 5.24. The number of ether oxygens (including phenoxy) is 4. The average molecular weight is 755 g/mol. The van der Waals surface area contributed by atoms with Crippen LogP contribution in [0.1, 0.15) is 18.1 Å². The maximum Gasteiger partial charge on any atom is 0.265 e. The number of carbonyl (C=O) groups is 2. The second-order valence-electron chi connectivity index (χ2n) is 10.8. The molecule has 49 heavy (non-hydrogen) atoms. The van der Waals surface area contributed by atoms with E-state index in [0.29, 0.717) is 18.0 Å². The zero-order valence-corrected chi connectivity index (χ0v) is 30.4. The Morgan fingerprint density at radius 1 is 0.776 bits per heavy atom. The highest BCUT2D eigenvalue weighted by Gasteiger charge is 2.36. The minimum absolute atomic E-state index is 0.0280. The summed E-state index contributed by atoms with van der Waals surface area (Å²) in [7, 11) is 1.21. The SMILES string of the molecule is CCNC(=O)[C@@H](Cc1ccccc1)N(Cc1ccc(Br)cc1)C(=O)CN(c1cc(OC)ccc1OC)S(=O)(=O)c1ccc(OC)c(OC)c1. The first kappa shape index (κ1) is 37.1. The van der Waals surface area contributed by atoms with Crippen molar-refractivity contribution in [3.63, 3.8) is 0 Å². The molecule has 13 heteroatoms. The topological polar surface area (TPSA) is 124 Å². The van der Waals surface area contributed by atoms with Crippen LogP contribution in [0.5, 0.6) is 23.0 Å². The van der Waals surface area contributed by atoms with Crippen molar-refractivity contribution in [3.05, 3.63) is 107 Å². The van der Waals surface area contributed by atoms with Crippen LogP contribution in [-0.2, 0) is 32.6 Å². The number of amides is 2. The Bertz CT molecular complexity index is 1840. The predicted octanol–water partition coefficient (Wildman–Crippen LogP) is 5.46.